The smallest absolute Gasteiger partial charge is 0.305 e. The van der Waals surface area contributed by atoms with E-state index in [2.05, 4.69) is 4.98 Å². The third-order valence-electron chi connectivity index (χ3n) is 2.68. The zero-order chi connectivity index (χ0) is 14.1. The minimum Gasteiger partial charge on any atom is -0.393 e. The monoisotopic (exact) mass is 303 g/mol. The highest BCUT2D eigenvalue weighted by Crippen LogP contribution is 2.40. The highest BCUT2D eigenvalue weighted by atomic mass is 32.2. The van der Waals surface area contributed by atoms with Gasteiger partial charge in [-0.1, -0.05) is 30.0 Å². The van der Waals surface area contributed by atoms with Crippen LogP contribution in [0.25, 0.3) is 10.2 Å². The highest BCUT2D eigenvalue weighted by Gasteiger charge is 2.19. The second-order valence-electron chi connectivity index (χ2n) is 4.00. The van der Waals surface area contributed by atoms with Crippen molar-refractivity contribution in [1.82, 2.24) is 4.98 Å². The average molecular weight is 303 g/mol. The van der Waals surface area contributed by atoms with Gasteiger partial charge in [-0.2, -0.15) is 0 Å². The first-order valence-corrected chi connectivity index (χ1v) is 7.35. The molecule has 3 rings (SSSR count). The van der Waals surface area contributed by atoms with E-state index in [1.54, 1.807) is 12.1 Å². The molecule has 1 heterocycles. The van der Waals surface area contributed by atoms with Crippen LogP contribution in [0.3, 0.4) is 0 Å². The highest BCUT2D eigenvalue weighted by molar-refractivity contribution is 8.01. The van der Waals surface area contributed by atoms with Gasteiger partial charge in [0.15, 0.2) is 4.34 Å². The summed E-state index contributed by atoms with van der Waals surface area (Å²) in [6.45, 7) is 0. The van der Waals surface area contributed by atoms with E-state index in [1.807, 2.05) is 24.3 Å². The summed E-state index contributed by atoms with van der Waals surface area (Å²) in [5, 5.41) is 11.1. The number of para-hydroxylation sites is 2. The number of thiazole rings is 1. The number of fused-ring (bicyclic) bond motifs is 1. The molecule has 0 fully saturated rings. The summed E-state index contributed by atoms with van der Waals surface area (Å²) in [4.78, 5) is 15.6. The van der Waals surface area contributed by atoms with Gasteiger partial charge in [0.05, 0.1) is 20.0 Å². The number of nitrogens with two attached hydrogens (primary N) is 1. The number of nitrogens with zero attached hydrogens (tertiary/aromatic N) is 2. The normalized spacial score (nSPS) is 10.8. The van der Waals surface area contributed by atoms with Gasteiger partial charge in [0, 0.05) is 0 Å². The Bertz CT molecular complexity index is 768. The van der Waals surface area contributed by atoms with Crippen molar-refractivity contribution in [2.24, 2.45) is 0 Å². The topological polar surface area (TPSA) is 82.0 Å². The summed E-state index contributed by atoms with van der Waals surface area (Å²) in [6, 6.07) is 12.7. The van der Waals surface area contributed by atoms with E-state index < -0.39 is 4.92 Å². The quantitative estimate of drug-likeness (QED) is 0.450. The summed E-state index contributed by atoms with van der Waals surface area (Å²) < 4.78 is 1.82. The van der Waals surface area contributed by atoms with Crippen molar-refractivity contribution < 1.29 is 4.92 Å². The van der Waals surface area contributed by atoms with Crippen molar-refractivity contribution in [1.29, 1.82) is 0 Å². The lowest BCUT2D eigenvalue weighted by molar-refractivity contribution is -0.386. The van der Waals surface area contributed by atoms with Crippen molar-refractivity contribution in [3.05, 3.63) is 52.6 Å². The number of hydrogen-bond donors (Lipinski definition) is 1. The summed E-state index contributed by atoms with van der Waals surface area (Å²) in [5.41, 5.74) is 6.68. The van der Waals surface area contributed by atoms with E-state index in [0.29, 0.717) is 4.90 Å². The molecule has 0 saturated heterocycles. The Kier molecular flexibility index (Phi) is 3.29. The van der Waals surface area contributed by atoms with Gasteiger partial charge in [-0.25, -0.2) is 4.98 Å². The van der Waals surface area contributed by atoms with Crippen molar-refractivity contribution in [2.75, 3.05) is 5.73 Å². The maximum Gasteiger partial charge on any atom is 0.305 e. The maximum absolute atomic E-state index is 11.1. The van der Waals surface area contributed by atoms with E-state index in [-0.39, 0.29) is 11.4 Å². The molecule has 0 aliphatic heterocycles. The molecule has 0 aliphatic rings. The molecule has 7 heteroatoms. The summed E-state index contributed by atoms with van der Waals surface area (Å²) in [7, 11) is 0. The van der Waals surface area contributed by atoms with Crippen molar-refractivity contribution in [3.63, 3.8) is 0 Å². The fraction of sp³-hybridized carbons (Fsp3) is 0. The lowest BCUT2D eigenvalue weighted by Crippen LogP contribution is -1.97. The number of rotatable bonds is 3. The SMILES string of the molecule is Nc1cccc(Sc2nc3ccccc3s2)c1[N+](=O)[O-]. The van der Waals surface area contributed by atoms with E-state index in [1.165, 1.54) is 29.2 Å². The van der Waals surface area contributed by atoms with Crippen LogP contribution in [-0.2, 0) is 0 Å². The van der Waals surface area contributed by atoms with Gasteiger partial charge in [0.1, 0.15) is 5.69 Å². The zero-order valence-corrected chi connectivity index (χ0v) is 11.8. The Labute approximate surface area is 122 Å². The molecular weight excluding hydrogens is 294 g/mol. The van der Waals surface area contributed by atoms with Gasteiger partial charge in [0.2, 0.25) is 0 Å². The second kappa shape index (κ2) is 5.10. The summed E-state index contributed by atoms with van der Waals surface area (Å²) in [5.74, 6) is 0. The molecule has 20 heavy (non-hydrogen) atoms. The molecule has 0 atom stereocenters. The third-order valence-corrected chi connectivity index (χ3v) is 4.83. The van der Waals surface area contributed by atoms with Gasteiger partial charge in [0.25, 0.3) is 0 Å². The number of nitrogen functional groups attached to an aromatic ring is 1. The molecule has 0 bridgehead atoms. The van der Waals surface area contributed by atoms with E-state index in [9.17, 15) is 10.1 Å². The maximum atomic E-state index is 11.1. The van der Waals surface area contributed by atoms with Crippen LogP contribution in [0, 0.1) is 10.1 Å². The minimum absolute atomic E-state index is 0.0586. The van der Waals surface area contributed by atoms with Crippen LogP contribution >= 0.6 is 23.1 Å². The number of nitro benzene ring substituents is 1. The third kappa shape index (κ3) is 2.33. The molecule has 0 amide bonds. The fourth-order valence-electron chi connectivity index (χ4n) is 1.81. The molecule has 0 saturated carbocycles. The molecule has 100 valence electrons. The van der Waals surface area contributed by atoms with Crippen LogP contribution in [0.4, 0.5) is 11.4 Å². The number of anilines is 1. The Morgan fingerprint density at radius 3 is 2.75 bits per heavy atom. The molecule has 0 radical (unpaired) electrons. The molecule has 3 aromatic rings. The molecule has 2 N–H and O–H groups in total. The molecule has 1 aromatic heterocycles. The summed E-state index contributed by atoms with van der Waals surface area (Å²) >= 11 is 2.78. The first kappa shape index (κ1) is 12.9. The fourth-order valence-corrected chi connectivity index (χ4v) is 3.98. The predicted molar refractivity (Wildman–Crippen MR) is 81.3 cm³/mol. The lowest BCUT2D eigenvalue weighted by atomic mass is 10.3. The molecule has 0 aliphatic carbocycles. The number of benzene rings is 2. The van der Waals surface area contributed by atoms with Crippen LogP contribution in [0.15, 0.2) is 51.7 Å². The molecular formula is C13H9N3O2S2. The van der Waals surface area contributed by atoms with E-state index >= 15 is 0 Å². The Morgan fingerprint density at radius 2 is 2.00 bits per heavy atom. The first-order valence-electron chi connectivity index (χ1n) is 5.71. The van der Waals surface area contributed by atoms with Gasteiger partial charge in [-0.15, -0.1) is 11.3 Å². The van der Waals surface area contributed by atoms with Crippen molar-refractivity contribution in [2.45, 2.75) is 9.24 Å². The number of nitro groups is 1. The molecule has 2 aromatic carbocycles. The van der Waals surface area contributed by atoms with Crippen molar-refractivity contribution >= 4 is 44.7 Å². The predicted octanol–water partition coefficient (Wildman–Crippen LogP) is 3.94. The second-order valence-corrected chi connectivity index (χ2v) is 6.32. The van der Waals surface area contributed by atoms with Crippen molar-refractivity contribution in [3.8, 4) is 0 Å². The largest absolute Gasteiger partial charge is 0.393 e. The molecule has 0 unspecified atom stereocenters. The number of hydrogen-bond acceptors (Lipinski definition) is 6. The Balaban J connectivity index is 2.02. The zero-order valence-electron chi connectivity index (χ0n) is 10.1. The van der Waals surface area contributed by atoms with Gasteiger partial charge >= 0.3 is 5.69 Å². The number of aromatic nitrogens is 1. The minimum atomic E-state index is -0.453. The van der Waals surface area contributed by atoms with Gasteiger partial charge < -0.3 is 5.73 Å². The van der Waals surface area contributed by atoms with Crippen LogP contribution in [0.2, 0.25) is 0 Å². The van der Waals surface area contributed by atoms with Crippen LogP contribution in [-0.4, -0.2) is 9.91 Å². The van der Waals surface area contributed by atoms with E-state index in [0.717, 1.165) is 14.6 Å². The van der Waals surface area contributed by atoms with Crippen LogP contribution in [0.5, 0.6) is 0 Å². The molecule has 0 spiro atoms. The Hall–Kier alpha value is -2.12. The van der Waals surface area contributed by atoms with Gasteiger partial charge in [-0.3, -0.25) is 10.1 Å². The van der Waals surface area contributed by atoms with E-state index in [4.69, 9.17) is 5.73 Å². The standard InChI is InChI=1S/C13H9N3O2S2/c14-8-4-3-7-11(12(8)16(17)18)20-13-15-9-5-1-2-6-10(9)19-13/h1-7H,14H2. The Morgan fingerprint density at radius 1 is 1.20 bits per heavy atom. The molecule has 5 nitrogen and oxygen atoms in total. The summed E-state index contributed by atoms with van der Waals surface area (Å²) in [6.07, 6.45) is 0. The van der Waals surface area contributed by atoms with Crippen LogP contribution < -0.4 is 5.73 Å². The van der Waals surface area contributed by atoms with Gasteiger partial charge in [-0.05, 0) is 24.3 Å². The van der Waals surface area contributed by atoms with Crippen LogP contribution in [0.1, 0.15) is 0 Å². The lowest BCUT2D eigenvalue weighted by Gasteiger charge is -2.02. The first-order chi connectivity index (χ1) is 9.65. The average Bonchev–Trinajstić information content (AvgIpc) is 2.80.